The number of fused-ring (bicyclic) bond motifs is 3. The first-order valence-electron chi connectivity index (χ1n) is 17.0. The van der Waals surface area contributed by atoms with Crippen LogP contribution in [0.3, 0.4) is 0 Å². The van der Waals surface area contributed by atoms with Crippen molar-refractivity contribution in [2.24, 2.45) is 30.7 Å². The minimum absolute atomic E-state index is 0.0470. The standard InChI is InChI=1S/C40H31N9O5S/c1-3-20-54-35-23-32(46-45-31-19-18-28(22-36(31)55(51,52)53)44-43-27-14-8-5-9-15-27)25(2)21-33(35)47-48-38-37(26-12-6-4-7-13-26)29(24-41)39-42-30-16-10-11-17-34(30)49(39)40(38)50/h4-19,21-23,50H,3,20H2,1-2H3,(H,51,52,53). The number of para-hydroxylation sites is 2. The fraction of sp³-hybridized carbons (Fsp3) is 0.100. The van der Waals surface area contributed by atoms with Gasteiger partial charge in [-0.15, -0.1) is 15.3 Å². The van der Waals surface area contributed by atoms with Crippen molar-refractivity contribution < 1.29 is 22.8 Å². The second kappa shape index (κ2) is 15.4. The van der Waals surface area contributed by atoms with Gasteiger partial charge in [-0.1, -0.05) is 67.6 Å². The number of aryl methyl sites for hydroxylation is 1. The maximum Gasteiger partial charge on any atom is 0.296 e. The van der Waals surface area contributed by atoms with E-state index >= 15 is 0 Å². The van der Waals surface area contributed by atoms with E-state index in [1.54, 1.807) is 55.5 Å². The van der Waals surface area contributed by atoms with Crippen LogP contribution in [0.2, 0.25) is 0 Å². The van der Waals surface area contributed by atoms with Crippen LogP contribution < -0.4 is 4.74 Å². The largest absolute Gasteiger partial charge is 0.493 e. The summed E-state index contributed by atoms with van der Waals surface area (Å²) in [4.78, 5) is 4.16. The van der Waals surface area contributed by atoms with Crippen LogP contribution in [0, 0.1) is 18.3 Å². The molecule has 0 spiro atoms. The van der Waals surface area contributed by atoms with Gasteiger partial charge in [0.1, 0.15) is 33.7 Å². The van der Waals surface area contributed by atoms with Crippen LogP contribution in [0.5, 0.6) is 11.6 Å². The van der Waals surface area contributed by atoms with Gasteiger partial charge in [0.05, 0.1) is 34.7 Å². The van der Waals surface area contributed by atoms with Crippen LogP contribution in [-0.2, 0) is 10.1 Å². The van der Waals surface area contributed by atoms with E-state index in [0.29, 0.717) is 57.8 Å². The van der Waals surface area contributed by atoms with Crippen LogP contribution in [0.4, 0.5) is 34.1 Å². The van der Waals surface area contributed by atoms with Gasteiger partial charge in [0.2, 0.25) is 5.88 Å². The highest BCUT2D eigenvalue weighted by molar-refractivity contribution is 7.86. The maximum atomic E-state index is 12.4. The molecule has 55 heavy (non-hydrogen) atoms. The number of nitrogens with zero attached hydrogens (tertiary/aromatic N) is 9. The molecule has 2 N–H and O–H groups in total. The van der Waals surface area contributed by atoms with Crippen LogP contribution in [0.25, 0.3) is 27.8 Å². The molecule has 272 valence electrons. The third-order valence-corrected chi connectivity index (χ3v) is 9.27. The summed E-state index contributed by atoms with van der Waals surface area (Å²) in [6, 6.07) is 34.7. The number of hydrogen-bond acceptors (Lipinski definition) is 12. The van der Waals surface area contributed by atoms with E-state index in [-0.39, 0.29) is 39.9 Å². The molecule has 7 aromatic rings. The Kier molecular flexibility index (Phi) is 10.2. The maximum absolute atomic E-state index is 12.4. The molecule has 0 amide bonds. The average Bonchev–Trinajstić information content (AvgIpc) is 3.59. The molecule has 0 bridgehead atoms. The Bertz CT molecular complexity index is 2810. The topological polar surface area (TPSA) is 199 Å². The second-order valence-electron chi connectivity index (χ2n) is 12.2. The van der Waals surface area contributed by atoms with Crippen LogP contribution in [-0.4, -0.2) is 34.1 Å². The Morgan fingerprint density at radius 2 is 1.45 bits per heavy atom. The van der Waals surface area contributed by atoms with Crippen molar-refractivity contribution in [3.8, 4) is 28.8 Å². The summed E-state index contributed by atoms with van der Waals surface area (Å²) in [5, 5.41) is 47.9. The number of benzene rings is 5. The first kappa shape index (κ1) is 36.2. The van der Waals surface area contributed by atoms with Gasteiger partial charge in [0.25, 0.3) is 10.1 Å². The highest BCUT2D eigenvalue weighted by Crippen LogP contribution is 2.45. The summed E-state index contributed by atoms with van der Waals surface area (Å²) in [5.74, 6) is 0.0258. The number of imidazole rings is 1. The lowest BCUT2D eigenvalue weighted by molar-refractivity contribution is 0.318. The molecule has 2 heterocycles. The first-order valence-corrected chi connectivity index (χ1v) is 18.4. The zero-order chi connectivity index (χ0) is 38.5. The third kappa shape index (κ3) is 7.53. The molecule has 5 aromatic carbocycles. The average molecular weight is 750 g/mol. The van der Waals surface area contributed by atoms with Crippen molar-refractivity contribution in [3.63, 3.8) is 0 Å². The summed E-state index contributed by atoms with van der Waals surface area (Å²) in [5.41, 5.74) is 4.50. The number of rotatable bonds is 11. The van der Waals surface area contributed by atoms with E-state index in [0.717, 1.165) is 6.07 Å². The summed E-state index contributed by atoms with van der Waals surface area (Å²) in [7, 11) is -4.72. The molecule has 15 heteroatoms. The number of pyridine rings is 1. The number of aromatic nitrogens is 2. The van der Waals surface area contributed by atoms with Crippen LogP contribution in [0.15, 0.2) is 151 Å². The van der Waals surface area contributed by atoms with E-state index < -0.39 is 15.0 Å². The molecule has 0 radical (unpaired) electrons. The summed E-state index contributed by atoms with van der Waals surface area (Å²) >= 11 is 0. The van der Waals surface area contributed by atoms with Gasteiger partial charge in [-0.25, -0.2) is 4.98 Å². The Hall–Kier alpha value is -7.15. The van der Waals surface area contributed by atoms with E-state index in [1.807, 2.05) is 55.5 Å². The lowest BCUT2D eigenvalue weighted by Crippen LogP contribution is -1.98. The molecule has 0 saturated carbocycles. The highest BCUT2D eigenvalue weighted by Gasteiger charge is 2.24. The summed E-state index contributed by atoms with van der Waals surface area (Å²) in [6.07, 6.45) is 0.668. The van der Waals surface area contributed by atoms with Crippen LogP contribution in [0.1, 0.15) is 24.5 Å². The highest BCUT2D eigenvalue weighted by atomic mass is 32.2. The van der Waals surface area contributed by atoms with Crippen molar-refractivity contribution in [1.29, 1.82) is 5.26 Å². The molecule has 0 atom stereocenters. The van der Waals surface area contributed by atoms with Gasteiger partial charge in [-0.3, -0.25) is 8.95 Å². The van der Waals surface area contributed by atoms with E-state index in [1.165, 1.54) is 16.5 Å². The number of hydrogen-bond donors (Lipinski definition) is 2. The molecule has 7 rings (SSSR count). The van der Waals surface area contributed by atoms with Gasteiger partial charge in [0.15, 0.2) is 11.3 Å². The minimum atomic E-state index is -4.72. The summed E-state index contributed by atoms with van der Waals surface area (Å²) < 4.78 is 42.3. The Balaban J connectivity index is 1.30. The Morgan fingerprint density at radius 3 is 2.18 bits per heavy atom. The van der Waals surface area contributed by atoms with Gasteiger partial charge in [0, 0.05) is 11.6 Å². The van der Waals surface area contributed by atoms with E-state index in [4.69, 9.17) is 4.74 Å². The summed E-state index contributed by atoms with van der Waals surface area (Å²) in [6.45, 7) is 4.01. The van der Waals surface area contributed by atoms with Gasteiger partial charge in [-0.2, -0.15) is 29.0 Å². The van der Waals surface area contributed by atoms with Crippen molar-refractivity contribution in [2.75, 3.05) is 6.61 Å². The lowest BCUT2D eigenvalue weighted by atomic mass is 9.99. The number of azo groups is 3. The molecule has 0 aliphatic heterocycles. The lowest BCUT2D eigenvalue weighted by Gasteiger charge is -2.13. The van der Waals surface area contributed by atoms with Crippen molar-refractivity contribution in [1.82, 2.24) is 9.38 Å². The molecule has 14 nitrogen and oxygen atoms in total. The molecule has 0 saturated heterocycles. The molecule has 2 aromatic heterocycles. The Labute approximate surface area is 315 Å². The second-order valence-corrected chi connectivity index (χ2v) is 13.6. The SMILES string of the molecule is CCCOc1cc(N=Nc2ccc(N=Nc3ccccc3)cc2S(=O)(=O)O)c(C)cc1N=Nc1c(-c2ccccc2)c(C#N)c2nc3ccccc3n2c1O. The predicted molar refractivity (Wildman–Crippen MR) is 207 cm³/mol. The molecule has 0 unspecified atom stereocenters. The van der Waals surface area contributed by atoms with E-state index in [9.17, 15) is 23.3 Å². The van der Waals surface area contributed by atoms with Crippen LogP contribution >= 0.6 is 0 Å². The van der Waals surface area contributed by atoms with E-state index in [2.05, 4.69) is 41.7 Å². The zero-order valence-corrected chi connectivity index (χ0v) is 30.3. The number of ether oxygens (including phenoxy) is 1. The zero-order valence-electron chi connectivity index (χ0n) is 29.4. The van der Waals surface area contributed by atoms with Gasteiger partial charge in [-0.05, 0) is 73.0 Å². The van der Waals surface area contributed by atoms with Crippen molar-refractivity contribution >= 4 is 60.9 Å². The normalized spacial score (nSPS) is 12.0. The molecular weight excluding hydrogens is 719 g/mol. The number of nitriles is 1. The molecule has 0 aliphatic carbocycles. The van der Waals surface area contributed by atoms with Gasteiger partial charge < -0.3 is 9.84 Å². The van der Waals surface area contributed by atoms with Crippen molar-refractivity contribution in [2.45, 2.75) is 25.2 Å². The Morgan fingerprint density at radius 1 is 0.782 bits per heavy atom. The molecule has 0 aliphatic rings. The number of aromatic hydroxyl groups is 1. The fourth-order valence-corrected chi connectivity index (χ4v) is 6.44. The van der Waals surface area contributed by atoms with Crippen molar-refractivity contribution in [3.05, 3.63) is 126 Å². The first-order chi connectivity index (χ1) is 26.7. The fourth-order valence-electron chi connectivity index (χ4n) is 5.79. The quantitative estimate of drug-likeness (QED) is 0.0967. The predicted octanol–water partition coefficient (Wildman–Crippen LogP) is 11.3. The van der Waals surface area contributed by atoms with Gasteiger partial charge >= 0.3 is 0 Å². The smallest absolute Gasteiger partial charge is 0.296 e. The molecular formula is C40H31N9O5S. The monoisotopic (exact) mass is 749 g/mol. The minimum Gasteiger partial charge on any atom is -0.493 e. The molecule has 0 fully saturated rings. The third-order valence-electron chi connectivity index (χ3n) is 8.39.